The summed E-state index contributed by atoms with van der Waals surface area (Å²) in [6.45, 7) is 4.17. The van der Waals surface area contributed by atoms with Crippen molar-refractivity contribution >= 4 is 89.2 Å². The molecule has 0 amide bonds. The van der Waals surface area contributed by atoms with Gasteiger partial charge in [-0.25, -0.2) is 9.79 Å². The number of hydrogen-bond acceptors (Lipinski definition) is 7. The molecule has 200 valence electrons. The molecule has 3 heterocycles. The van der Waals surface area contributed by atoms with E-state index in [4.69, 9.17) is 9.47 Å². The van der Waals surface area contributed by atoms with Crippen LogP contribution in [0.4, 0.5) is 0 Å². The topological polar surface area (TPSA) is 69.9 Å². The van der Waals surface area contributed by atoms with Crippen molar-refractivity contribution in [2.24, 2.45) is 4.99 Å². The largest absolute Gasteiger partial charge is 0.487 e. The Bertz CT molecular complexity index is 1760. The van der Waals surface area contributed by atoms with Crippen molar-refractivity contribution in [2.75, 3.05) is 6.61 Å². The number of thiophene rings is 1. The number of esters is 1. The number of halogens is 3. The van der Waals surface area contributed by atoms with E-state index in [0.717, 1.165) is 28.5 Å². The number of hydrogen-bond donors (Lipinski definition) is 0. The molecule has 1 aliphatic rings. The summed E-state index contributed by atoms with van der Waals surface area (Å²) in [5.41, 5.74) is 2.51. The standard InChI is InChI=1S/C28H21Br2IN2O4S2/c1-3-36-27(35)23-15(2)32-28-33(24(23)21-5-4-10-38-21)26(34)22(39-28)12-17-11-19(30)13-20(31)25(17)37-14-16-6-8-18(29)9-7-16/h4-13,24H,3,14H2,1-2H3/b22-12-/t24-/m1/s1. The van der Waals surface area contributed by atoms with Gasteiger partial charge in [-0.05, 0) is 83.8 Å². The highest BCUT2D eigenvalue weighted by Crippen LogP contribution is 2.34. The molecule has 39 heavy (non-hydrogen) atoms. The van der Waals surface area contributed by atoms with Crippen LogP contribution < -0.4 is 19.6 Å². The molecule has 0 fully saturated rings. The van der Waals surface area contributed by atoms with Crippen molar-refractivity contribution in [2.45, 2.75) is 26.5 Å². The average molecular weight is 800 g/mol. The molecular weight excluding hydrogens is 779 g/mol. The molecule has 0 spiro atoms. The van der Waals surface area contributed by atoms with Gasteiger partial charge in [-0.15, -0.1) is 11.3 Å². The van der Waals surface area contributed by atoms with Gasteiger partial charge in [0.25, 0.3) is 5.56 Å². The third kappa shape index (κ3) is 6.02. The molecule has 2 aromatic heterocycles. The van der Waals surface area contributed by atoms with Crippen LogP contribution in [-0.2, 0) is 16.1 Å². The van der Waals surface area contributed by atoms with Crippen LogP contribution in [0.3, 0.4) is 0 Å². The maximum absolute atomic E-state index is 13.9. The predicted octanol–water partition coefficient (Wildman–Crippen LogP) is 6.57. The number of carbonyl (C=O) groups excluding carboxylic acids is 1. The third-order valence-electron chi connectivity index (χ3n) is 5.95. The fourth-order valence-corrected chi connectivity index (χ4v) is 8.06. The highest BCUT2D eigenvalue weighted by atomic mass is 127. The van der Waals surface area contributed by atoms with Crippen LogP contribution in [0.5, 0.6) is 5.75 Å². The first kappa shape index (κ1) is 28.5. The Labute approximate surface area is 263 Å². The van der Waals surface area contributed by atoms with E-state index in [1.54, 1.807) is 18.4 Å². The first-order chi connectivity index (χ1) is 18.8. The van der Waals surface area contributed by atoms with Crippen LogP contribution in [0, 0.1) is 3.57 Å². The Hall–Kier alpha value is -2.06. The van der Waals surface area contributed by atoms with Gasteiger partial charge in [-0.2, -0.15) is 0 Å². The van der Waals surface area contributed by atoms with Crippen molar-refractivity contribution < 1.29 is 14.3 Å². The Morgan fingerprint density at radius 1 is 1.18 bits per heavy atom. The van der Waals surface area contributed by atoms with Gasteiger partial charge < -0.3 is 9.47 Å². The quantitative estimate of drug-likeness (QED) is 0.157. The summed E-state index contributed by atoms with van der Waals surface area (Å²) in [7, 11) is 0. The molecule has 0 saturated heterocycles. The van der Waals surface area contributed by atoms with E-state index in [1.807, 2.05) is 60.0 Å². The number of thiazole rings is 1. The van der Waals surface area contributed by atoms with Gasteiger partial charge in [-0.1, -0.05) is 61.4 Å². The lowest BCUT2D eigenvalue weighted by atomic mass is 10.0. The van der Waals surface area contributed by atoms with Gasteiger partial charge in [0.1, 0.15) is 18.4 Å². The van der Waals surface area contributed by atoms with Crippen molar-refractivity contribution in [3.63, 3.8) is 0 Å². The first-order valence-corrected chi connectivity index (χ1v) is 16.2. The molecule has 6 nitrogen and oxygen atoms in total. The summed E-state index contributed by atoms with van der Waals surface area (Å²) >= 11 is 12.1. The number of nitrogens with zero attached hydrogens (tertiary/aromatic N) is 2. The maximum atomic E-state index is 13.9. The molecular formula is C28H21Br2IN2O4S2. The lowest BCUT2D eigenvalue weighted by Crippen LogP contribution is -2.39. The monoisotopic (exact) mass is 798 g/mol. The van der Waals surface area contributed by atoms with E-state index in [-0.39, 0.29) is 12.2 Å². The number of aromatic nitrogens is 1. The van der Waals surface area contributed by atoms with Crippen LogP contribution in [0.15, 0.2) is 83.9 Å². The van der Waals surface area contributed by atoms with Gasteiger partial charge in [0.15, 0.2) is 4.80 Å². The second-order valence-corrected chi connectivity index (χ2v) is 13.5. The van der Waals surface area contributed by atoms with Gasteiger partial charge in [0.05, 0.1) is 26.0 Å². The average Bonchev–Trinajstić information content (AvgIpc) is 3.52. The van der Waals surface area contributed by atoms with E-state index in [0.29, 0.717) is 33.0 Å². The number of ether oxygens (including phenoxy) is 2. The van der Waals surface area contributed by atoms with Crippen LogP contribution in [0.25, 0.3) is 6.08 Å². The highest BCUT2D eigenvalue weighted by molar-refractivity contribution is 14.1. The zero-order valence-electron chi connectivity index (χ0n) is 20.7. The lowest BCUT2D eigenvalue weighted by Gasteiger charge is -2.23. The first-order valence-electron chi connectivity index (χ1n) is 11.9. The van der Waals surface area contributed by atoms with E-state index in [2.05, 4.69) is 59.4 Å². The van der Waals surface area contributed by atoms with Gasteiger partial charge in [-0.3, -0.25) is 9.36 Å². The number of benzene rings is 2. The molecule has 11 heteroatoms. The molecule has 0 saturated carbocycles. The van der Waals surface area contributed by atoms with Crippen molar-refractivity contribution in [1.29, 1.82) is 0 Å². The molecule has 2 aromatic carbocycles. The highest BCUT2D eigenvalue weighted by Gasteiger charge is 2.34. The summed E-state index contributed by atoms with van der Waals surface area (Å²) in [6.07, 6.45) is 1.84. The summed E-state index contributed by atoms with van der Waals surface area (Å²) < 4.78 is 16.5. The second kappa shape index (κ2) is 12.2. The van der Waals surface area contributed by atoms with E-state index in [1.165, 1.54) is 22.7 Å². The molecule has 0 radical (unpaired) electrons. The fourth-order valence-electron chi connectivity index (χ4n) is 4.22. The summed E-state index contributed by atoms with van der Waals surface area (Å²) in [5, 5.41) is 1.93. The molecule has 1 atom stereocenters. The van der Waals surface area contributed by atoms with Gasteiger partial charge in [0, 0.05) is 19.4 Å². The maximum Gasteiger partial charge on any atom is 0.338 e. The van der Waals surface area contributed by atoms with Crippen LogP contribution >= 0.6 is 77.1 Å². The Morgan fingerprint density at radius 2 is 1.95 bits per heavy atom. The fraction of sp³-hybridized carbons (Fsp3) is 0.179. The second-order valence-electron chi connectivity index (χ2n) is 8.54. The zero-order valence-corrected chi connectivity index (χ0v) is 27.7. The molecule has 0 N–H and O–H groups in total. The molecule has 0 unspecified atom stereocenters. The molecule has 0 bridgehead atoms. The minimum absolute atomic E-state index is 0.222. The third-order valence-corrected chi connectivity index (χ3v) is 9.65. The van der Waals surface area contributed by atoms with Crippen molar-refractivity contribution in [1.82, 2.24) is 4.57 Å². The van der Waals surface area contributed by atoms with Crippen LogP contribution in [0.2, 0.25) is 0 Å². The predicted molar refractivity (Wildman–Crippen MR) is 170 cm³/mol. The minimum atomic E-state index is -0.599. The smallest absolute Gasteiger partial charge is 0.338 e. The van der Waals surface area contributed by atoms with Gasteiger partial charge in [0.2, 0.25) is 0 Å². The van der Waals surface area contributed by atoms with E-state index >= 15 is 0 Å². The van der Waals surface area contributed by atoms with E-state index < -0.39 is 12.0 Å². The zero-order chi connectivity index (χ0) is 27.7. The van der Waals surface area contributed by atoms with Gasteiger partial charge >= 0.3 is 5.97 Å². The van der Waals surface area contributed by atoms with E-state index in [9.17, 15) is 9.59 Å². The molecule has 5 rings (SSSR count). The lowest BCUT2D eigenvalue weighted by molar-refractivity contribution is -0.139. The molecule has 4 aromatic rings. The SMILES string of the molecule is CCOC(=O)C1=C(C)N=c2s/c(=C\c3cc(Br)cc(I)c3OCc3ccc(Br)cc3)c(=O)n2[C@@H]1c1cccs1. The molecule has 0 aliphatic carbocycles. The molecule has 1 aliphatic heterocycles. The Kier molecular flexibility index (Phi) is 8.91. The van der Waals surface area contributed by atoms with Crippen LogP contribution in [0.1, 0.15) is 35.9 Å². The minimum Gasteiger partial charge on any atom is -0.487 e. The Balaban J connectivity index is 1.62. The summed E-state index contributed by atoms with van der Waals surface area (Å²) in [6, 6.07) is 15.1. The summed E-state index contributed by atoms with van der Waals surface area (Å²) in [4.78, 5) is 32.9. The van der Waals surface area contributed by atoms with Crippen LogP contribution in [-0.4, -0.2) is 17.1 Å². The number of allylic oxidation sites excluding steroid dienone is 1. The summed E-state index contributed by atoms with van der Waals surface area (Å²) in [5.74, 6) is 0.224. The normalized spacial score (nSPS) is 15.2. The van der Waals surface area contributed by atoms with Crippen molar-refractivity contribution in [3.05, 3.63) is 113 Å². The number of carbonyl (C=O) groups is 1. The number of fused-ring (bicyclic) bond motifs is 1. The van der Waals surface area contributed by atoms with Crippen molar-refractivity contribution in [3.8, 4) is 5.75 Å². The Morgan fingerprint density at radius 3 is 2.64 bits per heavy atom. The number of rotatable bonds is 7.